The van der Waals surface area contributed by atoms with Crippen molar-refractivity contribution in [3.8, 4) is 0 Å². The molecule has 5 nitrogen and oxygen atoms in total. The van der Waals surface area contributed by atoms with Gasteiger partial charge in [0, 0.05) is 32.4 Å². The SMILES string of the molecule is O=C(c1ccc(N2CCCC2)nc1)N1CC[C@@H](O)C1. The van der Waals surface area contributed by atoms with E-state index in [1.807, 2.05) is 12.1 Å². The number of aromatic nitrogens is 1. The molecule has 102 valence electrons. The highest BCUT2D eigenvalue weighted by Crippen LogP contribution is 2.19. The fourth-order valence-corrected chi connectivity index (χ4v) is 2.75. The Bertz CT molecular complexity index is 454. The fraction of sp³-hybridized carbons (Fsp3) is 0.571. The van der Waals surface area contributed by atoms with Gasteiger partial charge in [-0.2, -0.15) is 0 Å². The van der Waals surface area contributed by atoms with Gasteiger partial charge >= 0.3 is 0 Å². The summed E-state index contributed by atoms with van der Waals surface area (Å²) >= 11 is 0. The third-order valence-corrected chi connectivity index (χ3v) is 3.88. The number of likely N-dealkylation sites (tertiary alicyclic amines) is 1. The summed E-state index contributed by atoms with van der Waals surface area (Å²) in [7, 11) is 0. The average Bonchev–Trinajstić information content (AvgIpc) is 3.09. The molecule has 2 saturated heterocycles. The van der Waals surface area contributed by atoms with Crippen molar-refractivity contribution >= 4 is 11.7 Å². The second kappa shape index (κ2) is 5.17. The topological polar surface area (TPSA) is 56.7 Å². The first-order valence-electron chi connectivity index (χ1n) is 6.92. The van der Waals surface area contributed by atoms with E-state index in [9.17, 15) is 9.90 Å². The lowest BCUT2D eigenvalue weighted by Crippen LogP contribution is -2.29. The van der Waals surface area contributed by atoms with E-state index < -0.39 is 0 Å². The number of nitrogens with zero attached hydrogens (tertiary/aromatic N) is 3. The van der Waals surface area contributed by atoms with E-state index in [4.69, 9.17) is 0 Å². The monoisotopic (exact) mass is 261 g/mol. The molecular weight excluding hydrogens is 242 g/mol. The molecule has 0 aromatic carbocycles. The first kappa shape index (κ1) is 12.4. The molecule has 1 atom stereocenters. The molecule has 0 saturated carbocycles. The molecule has 1 aromatic rings. The zero-order valence-corrected chi connectivity index (χ0v) is 11.0. The molecule has 1 N–H and O–H groups in total. The lowest BCUT2D eigenvalue weighted by Gasteiger charge is -2.18. The minimum Gasteiger partial charge on any atom is -0.391 e. The first-order valence-corrected chi connectivity index (χ1v) is 6.92. The van der Waals surface area contributed by atoms with Crippen molar-refractivity contribution in [3.05, 3.63) is 23.9 Å². The van der Waals surface area contributed by atoms with Gasteiger partial charge in [0.15, 0.2) is 0 Å². The highest BCUT2D eigenvalue weighted by molar-refractivity contribution is 5.94. The van der Waals surface area contributed by atoms with Crippen LogP contribution in [-0.4, -0.2) is 53.2 Å². The molecule has 3 rings (SSSR count). The summed E-state index contributed by atoms with van der Waals surface area (Å²) < 4.78 is 0. The molecule has 19 heavy (non-hydrogen) atoms. The van der Waals surface area contributed by atoms with Gasteiger partial charge in [0.05, 0.1) is 11.7 Å². The lowest BCUT2D eigenvalue weighted by molar-refractivity contribution is 0.0764. The van der Waals surface area contributed by atoms with Gasteiger partial charge in [0.1, 0.15) is 5.82 Å². The predicted molar refractivity (Wildman–Crippen MR) is 72.2 cm³/mol. The van der Waals surface area contributed by atoms with Crippen molar-refractivity contribution in [2.24, 2.45) is 0 Å². The van der Waals surface area contributed by atoms with Crippen molar-refractivity contribution < 1.29 is 9.90 Å². The molecule has 0 unspecified atom stereocenters. The number of anilines is 1. The summed E-state index contributed by atoms with van der Waals surface area (Å²) in [5.41, 5.74) is 0.608. The van der Waals surface area contributed by atoms with Crippen LogP contribution in [0.25, 0.3) is 0 Å². The molecule has 0 radical (unpaired) electrons. The Kier molecular flexibility index (Phi) is 3.38. The van der Waals surface area contributed by atoms with E-state index in [0.29, 0.717) is 25.1 Å². The summed E-state index contributed by atoms with van der Waals surface area (Å²) in [4.78, 5) is 20.5. The molecule has 2 aliphatic rings. The maximum atomic E-state index is 12.2. The molecule has 0 bridgehead atoms. The number of carbonyl (C=O) groups excluding carboxylic acids is 1. The van der Waals surface area contributed by atoms with Crippen LogP contribution in [0.5, 0.6) is 0 Å². The Morgan fingerprint density at radius 3 is 2.63 bits per heavy atom. The van der Waals surface area contributed by atoms with Gasteiger partial charge in [-0.1, -0.05) is 0 Å². The third kappa shape index (κ3) is 2.56. The average molecular weight is 261 g/mol. The quantitative estimate of drug-likeness (QED) is 0.859. The number of amides is 1. The highest BCUT2D eigenvalue weighted by atomic mass is 16.3. The van der Waals surface area contributed by atoms with Crippen LogP contribution in [0.3, 0.4) is 0 Å². The van der Waals surface area contributed by atoms with Gasteiger partial charge in [0.2, 0.25) is 0 Å². The number of hydrogen-bond acceptors (Lipinski definition) is 4. The summed E-state index contributed by atoms with van der Waals surface area (Å²) in [6.07, 6.45) is 4.38. The summed E-state index contributed by atoms with van der Waals surface area (Å²) in [6.45, 7) is 3.18. The molecule has 1 aromatic heterocycles. The van der Waals surface area contributed by atoms with Crippen LogP contribution < -0.4 is 4.90 Å². The number of hydrogen-bond donors (Lipinski definition) is 1. The molecule has 2 aliphatic heterocycles. The van der Waals surface area contributed by atoms with E-state index in [-0.39, 0.29) is 12.0 Å². The van der Waals surface area contributed by atoms with Gasteiger partial charge in [-0.15, -0.1) is 0 Å². The smallest absolute Gasteiger partial charge is 0.255 e. The number of aliphatic hydroxyl groups excluding tert-OH is 1. The summed E-state index contributed by atoms with van der Waals surface area (Å²) in [5.74, 6) is 0.924. The van der Waals surface area contributed by atoms with Crippen LogP contribution in [0, 0.1) is 0 Å². The van der Waals surface area contributed by atoms with E-state index >= 15 is 0 Å². The number of carbonyl (C=O) groups is 1. The molecule has 0 spiro atoms. The van der Waals surface area contributed by atoms with Gasteiger partial charge in [-0.25, -0.2) is 4.98 Å². The second-order valence-corrected chi connectivity index (χ2v) is 5.29. The Hall–Kier alpha value is -1.62. The molecule has 0 aliphatic carbocycles. The standard InChI is InChI=1S/C14H19N3O2/c18-12-5-8-17(10-12)14(19)11-3-4-13(15-9-11)16-6-1-2-7-16/h3-4,9,12,18H,1-2,5-8,10H2/t12-/m1/s1. The Balaban J connectivity index is 1.69. The minimum absolute atomic E-state index is 0.0305. The van der Waals surface area contributed by atoms with E-state index in [1.54, 1.807) is 11.1 Å². The largest absolute Gasteiger partial charge is 0.391 e. The summed E-state index contributed by atoms with van der Waals surface area (Å²) in [5, 5.41) is 9.47. The van der Waals surface area contributed by atoms with Gasteiger partial charge in [0.25, 0.3) is 5.91 Å². The van der Waals surface area contributed by atoms with Crippen molar-refractivity contribution in [2.75, 3.05) is 31.1 Å². The van der Waals surface area contributed by atoms with Crippen LogP contribution in [0.4, 0.5) is 5.82 Å². The van der Waals surface area contributed by atoms with Gasteiger partial charge in [-0.3, -0.25) is 4.79 Å². The zero-order chi connectivity index (χ0) is 13.2. The van der Waals surface area contributed by atoms with Crippen molar-refractivity contribution in [2.45, 2.75) is 25.4 Å². The lowest BCUT2D eigenvalue weighted by atomic mass is 10.2. The highest BCUT2D eigenvalue weighted by Gasteiger charge is 2.25. The number of β-amino-alcohol motifs (C(OH)–C–C–N with tert-alkyl or cyclic N) is 1. The second-order valence-electron chi connectivity index (χ2n) is 5.29. The Morgan fingerprint density at radius 2 is 2.05 bits per heavy atom. The predicted octanol–water partition coefficient (Wildman–Crippen LogP) is 0.889. The minimum atomic E-state index is -0.374. The van der Waals surface area contributed by atoms with E-state index in [2.05, 4.69) is 9.88 Å². The zero-order valence-electron chi connectivity index (χ0n) is 11.0. The maximum Gasteiger partial charge on any atom is 0.255 e. The Morgan fingerprint density at radius 1 is 1.26 bits per heavy atom. The van der Waals surface area contributed by atoms with E-state index in [0.717, 1.165) is 18.9 Å². The van der Waals surface area contributed by atoms with Gasteiger partial charge < -0.3 is 14.9 Å². The third-order valence-electron chi connectivity index (χ3n) is 3.88. The first-order chi connectivity index (χ1) is 9.24. The fourth-order valence-electron chi connectivity index (χ4n) is 2.75. The molecule has 1 amide bonds. The molecule has 2 fully saturated rings. The van der Waals surface area contributed by atoms with Crippen molar-refractivity contribution in [1.82, 2.24) is 9.88 Å². The van der Waals surface area contributed by atoms with Crippen molar-refractivity contribution in [1.29, 1.82) is 0 Å². The van der Waals surface area contributed by atoms with Crippen LogP contribution in [0.1, 0.15) is 29.6 Å². The number of rotatable bonds is 2. The van der Waals surface area contributed by atoms with Crippen LogP contribution in [0.2, 0.25) is 0 Å². The van der Waals surface area contributed by atoms with Gasteiger partial charge in [-0.05, 0) is 31.4 Å². The van der Waals surface area contributed by atoms with Crippen molar-refractivity contribution in [3.63, 3.8) is 0 Å². The number of pyridine rings is 1. The molecule has 5 heteroatoms. The Labute approximate surface area is 112 Å². The van der Waals surface area contributed by atoms with Crippen LogP contribution in [-0.2, 0) is 0 Å². The van der Waals surface area contributed by atoms with E-state index in [1.165, 1.54) is 12.8 Å². The van der Waals surface area contributed by atoms with Crippen LogP contribution in [0.15, 0.2) is 18.3 Å². The molecular formula is C14H19N3O2. The number of aliphatic hydroxyl groups is 1. The summed E-state index contributed by atoms with van der Waals surface area (Å²) in [6, 6.07) is 3.76. The normalized spacial score (nSPS) is 23.1. The van der Waals surface area contributed by atoms with Crippen LogP contribution >= 0.6 is 0 Å². The maximum absolute atomic E-state index is 12.2. The molecule has 3 heterocycles.